The molecule has 0 radical (unpaired) electrons. The van der Waals surface area contributed by atoms with E-state index >= 15 is 0 Å². The van der Waals surface area contributed by atoms with Gasteiger partial charge in [0.15, 0.2) is 0 Å². The van der Waals surface area contributed by atoms with Crippen molar-refractivity contribution in [1.29, 1.82) is 0 Å². The predicted octanol–water partition coefficient (Wildman–Crippen LogP) is 5.37. The van der Waals surface area contributed by atoms with Crippen LogP contribution in [0.3, 0.4) is 0 Å². The maximum atomic E-state index is 6.23. The van der Waals surface area contributed by atoms with Crippen molar-refractivity contribution in [1.82, 2.24) is 0 Å². The first-order chi connectivity index (χ1) is 9.77. The number of nitrogens with two attached hydrogens (primary N) is 1. The number of benzene rings is 1. The molecule has 1 aromatic carbocycles. The van der Waals surface area contributed by atoms with Crippen LogP contribution in [0, 0.1) is 11.5 Å². The Labute approximate surface area is 136 Å². The maximum absolute atomic E-state index is 6.23. The molecule has 0 atom stereocenters. The molecule has 116 valence electrons. The van der Waals surface area contributed by atoms with Crippen molar-refractivity contribution >= 4 is 19.7 Å². The van der Waals surface area contributed by atoms with Crippen LogP contribution in [0.15, 0.2) is 18.2 Å². The molecule has 1 nitrogen and oxygen atoms in total. The highest BCUT2D eigenvalue weighted by Crippen LogP contribution is 2.40. The topological polar surface area (TPSA) is 26.0 Å². The van der Waals surface area contributed by atoms with Gasteiger partial charge in [-0.3, -0.25) is 0 Å². The quantitative estimate of drug-likeness (QED) is 0.585. The van der Waals surface area contributed by atoms with E-state index in [0.29, 0.717) is 23.2 Å². The molecule has 1 rings (SSSR count). The van der Waals surface area contributed by atoms with E-state index in [1.807, 2.05) is 18.2 Å². The van der Waals surface area contributed by atoms with Gasteiger partial charge in [-0.05, 0) is 34.3 Å². The summed E-state index contributed by atoms with van der Waals surface area (Å²) in [5.74, 6) is 3.44. The normalized spacial score (nSPS) is 12.0. The second kappa shape index (κ2) is 7.49. The molecule has 0 spiro atoms. The highest BCUT2D eigenvalue weighted by molar-refractivity contribution is 6.90. The van der Waals surface area contributed by atoms with Gasteiger partial charge in [-0.25, -0.2) is 0 Å². The number of hydrogen-bond donors (Lipinski definition) is 1. The molecule has 21 heavy (non-hydrogen) atoms. The molecular weight excluding hydrogens is 294 g/mol. The monoisotopic (exact) mass is 321 g/mol. The van der Waals surface area contributed by atoms with Gasteiger partial charge < -0.3 is 5.73 Å². The summed E-state index contributed by atoms with van der Waals surface area (Å²) in [5, 5.41) is 0.718. The molecule has 0 aliphatic heterocycles. The minimum absolute atomic E-state index is 0.434. The fourth-order valence-corrected chi connectivity index (χ4v) is 8.96. The summed E-state index contributed by atoms with van der Waals surface area (Å²) in [5.41, 5.74) is 13.4. The Balaban J connectivity index is 3.39. The number of halogens is 1. The van der Waals surface area contributed by atoms with Crippen molar-refractivity contribution in [3.05, 3.63) is 34.3 Å². The third-order valence-electron chi connectivity index (χ3n) is 4.60. The van der Waals surface area contributed by atoms with E-state index in [9.17, 15) is 0 Å². The zero-order chi connectivity index (χ0) is 16.2. The fourth-order valence-electron chi connectivity index (χ4n) is 3.49. The van der Waals surface area contributed by atoms with Crippen LogP contribution in [0.1, 0.15) is 52.7 Å². The predicted molar refractivity (Wildman–Crippen MR) is 97.3 cm³/mol. The molecule has 0 saturated heterocycles. The molecule has 0 aliphatic carbocycles. The van der Waals surface area contributed by atoms with Gasteiger partial charge in [0, 0.05) is 17.1 Å². The zero-order valence-electron chi connectivity index (χ0n) is 14.1. The third kappa shape index (κ3) is 3.72. The van der Waals surface area contributed by atoms with Crippen LogP contribution in [0.25, 0.3) is 0 Å². The Bertz CT molecular complexity index is 516. The van der Waals surface area contributed by atoms with Gasteiger partial charge in [0.25, 0.3) is 0 Å². The van der Waals surface area contributed by atoms with Gasteiger partial charge in [-0.15, -0.1) is 5.54 Å². The Kier molecular flexibility index (Phi) is 6.53. The van der Waals surface area contributed by atoms with Crippen molar-refractivity contribution in [3.8, 4) is 11.5 Å². The number of hydrogen-bond acceptors (Lipinski definition) is 1. The third-order valence-corrected chi connectivity index (χ3v) is 11.2. The molecule has 2 N–H and O–H groups in total. The van der Waals surface area contributed by atoms with E-state index in [4.69, 9.17) is 17.3 Å². The van der Waals surface area contributed by atoms with Gasteiger partial charge in [0.1, 0.15) is 8.07 Å². The van der Waals surface area contributed by atoms with Crippen LogP contribution in [0.4, 0.5) is 0 Å². The largest absolute Gasteiger partial charge is 0.326 e. The molecule has 0 aromatic heterocycles. The molecular formula is C18H28ClNSi. The van der Waals surface area contributed by atoms with Crippen LogP contribution >= 0.6 is 11.6 Å². The second-order valence-corrected chi connectivity index (χ2v) is 12.6. The molecule has 0 unspecified atom stereocenters. The van der Waals surface area contributed by atoms with E-state index in [1.54, 1.807) is 0 Å². The molecule has 0 amide bonds. The molecule has 0 heterocycles. The van der Waals surface area contributed by atoms with Crippen LogP contribution in [-0.2, 0) is 6.54 Å². The average molecular weight is 322 g/mol. The molecule has 0 saturated carbocycles. The van der Waals surface area contributed by atoms with Gasteiger partial charge in [0.2, 0.25) is 0 Å². The molecule has 0 aliphatic rings. The lowest BCUT2D eigenvalue weighted by Gasteiger charge is -2.38. The van der Waals surface area contributed by atoms with Crippen molar-refractivity contribution in [2.24, 2.45) is 5.73 Å². The summed E-state index contributed by atoms with van der Waals surface area (Å²) in [4.78, 5) is 0. The summed E-state index contributed by atoms with van der Waals surface area (Å²) in [6.45, 7) is 14.4. The Morgan fingerprint density at radius 2 is 1.57 bits per heavy atom. The van der Waals surface area contributed by atoms with Crippen LogP contribution in [0.5, 0.6) is 0 Å². The van der Waals surface area contributed by atoms with Crippen molar-refractivity contribution in [2.45, 2.75) is 64.7 Å². The summed E-state index contributed by atoms with van der Waals surface area (Å²) < 4.78 is 0. The molecule has 0 bridgehead atoms. The van der Waals surface area contributed by atoms with Crippen molar-refractivity contribution < 1.29 is 0 Å². The van der Waals surface area contributed by atoms with Gasteiger partial charge >= 0.3 is 0 Å². The van der Waals surface area contributed by atoms with E-state index in [1.165, 1.54) is 0 Å². The minimum atomic E-state index is -1.71. The summed E-state index contributed by atoms with van der Waals surface area (Å²) >= 11 is 6.23. The minimum Gasteiger partial charge on any atom is -0.326 e. The van der Waals surface area contributed by atoms with Gasteiger partial charge in [-0.1, -0.05) is 65.1 Å². The maximum Gasteiger partial charge on any atom is 0.146 e. The first-order valence-corrected chi connectivity index (χ1v) is 10.4. The summed E-state index contributed by atoms with van der Waals surface area (Å²) in [6.07, 6.45) is 0. The van der Waals surface area contributed by atoms with Gasteiger partial charge in [-0.2, -0.15) is 0 Å². The van der Waals surface area contributed by atoms with Crippen LogP contribution in [0.2, 0.25) is 21.6 Å². The fraction of sp³-hybridized carbons (Fsp3) is 0.556. The van der Waals surface area contributed by atoms with E-state index in [2.05, 4.69) is 53.0 Å². The van der Waals surface area contributed by atoms with Crippen molar-refractivity contribution in [2.75, 3.05) is 0 Å². The summed E-state index contributed by atoms with van der Waals surface area (Å²) in [7, 11) is -1.71. The number of rotatable bonds is 4. The van der Waals surface area contributed by atoms with E-state index < -0.39 is 8.07 Å². The van der Waals surface area contributed by atoms with E-state index in [-0.39, 0.29) is 0 Å². The molecule has 3 heteroatoms. The highest BCUT2D eigenvalue weighted by Gasteiger charge is 2.41. The average Bonchev–Trinajstić information content (AvgIpc) is 2.38. The highest BCUT2D eigenvalue weighted by atomic mass is 35.5. The first-order valence-electron chi connectivity index (χ1n) is 7.77. The summed E-state index contributed by atoms with van der Waals surface area (Å²) in [6, 6.07) is 5.86. The molecule has 1 aromatic rings. The van der Waals surface area contributed by atoms with Gasteiger partial charge in [0.05, 0.1) is 0 Å². The molecule has 0 fully saturated rings. The Hall–Kier alpha value is -0.753. The lowest BCUT2D eigenvalue weighted by Crippen LogP contribution is -2.43. The lowest BCUT2D eigenvalue weighted by molar-refractivity contribution is 0.838. The lowest BCUT2D eigenvalue weighted by atomic mass is 10.1. The smallest absolute Gasteiger partial charge is 0.146 e. The standard InChI is InChI=1S/C18H28ClNSi/c1-13(2)21(14(3)4,15(5)6)11-10-16-8-7-9-18(19)17(16)12-20/h7-9,13-15H,12,20H2,1-6H3. The SMILES string of the molecule is CC(C)[Si](C#Cc1cccc(Cl)c1CN)(C(C)C)C(C)C. The second-order valence-electron chi connectivity index (χ2n) is 6.62. The Morgan fingerprint density at radius 1 is 1.05 bits per heavy atom. The van der Waals surface area contributed by atoms with Crippen LogP contribution in [-0.4, -0.2) is 8.07 Å². The van der Waals surface area contributed by atoms with Crippen LogP contribution < -0.4 is 5.73 Å². The van der Waals surface area contributed by atoms with Crippen molar-refractivity contribution in [3.63, 3.8) is 0 Å². The zero-order valence-corrected chi connectivity index (χ0v) is 15.9. The first kappa shape index (κ1) is 18.3. The Morgan fingerprint density at radius 3 is 2.00 bits per heavy atom. The van der Waals surface area contributed by atoms with E-state index in [0.717, 1.165) is 16.1 Å².